The molecular weight excluding hydrogens is 805 g/mol. The van der Waals surface area contributed by atoms with Gasteiger partial charge in [0, 0.05) is 19.3 Å². The summed E-state index contributed by atoms with van der Waals surface area (Å²) in [5.41, 5.74) is 0. The van der Waals surface area contributed by atoms with E-state index in [2.05, 4.69) is 57.2 Å². The van der Waals surface area contributed by atoms with Gasteiger partial charge in [-0.25, -0.2) is 0 Å². The van der Waals surface area contributed by atoms with Crippen LogP contribution in [0.3, 0.4) is 0 Å². The zero-order chi connectivity index (χ0) is 47.2. The van der Waals surface area contributed by atoms with E-state index in [0.29, 0.717) is 19.3 Å². The first-order valence-electron chi connectivity index (χ1n) is 28.5. The lowest BCUT2D eigenvalue weighted by atomic mass is 10.0. The molecule has 0 rings (SSSR count). The normalized spacial score (nSPS) is 12.2. The molecule has 0 amide bonds. The van der Waals surface area contributed by atoms with E-state index in [1.807, 2.05) is 0 Å². The zero-order valence-corrected chi connectivity index (χ0v) is 43.5. The summed E-state index contributed by atoms with van der Waals surface area (Å²) in [6, 6.07) is 0. The molecule has 0 aliphatic rings. The Morgan fingerprint density at radius 1 is 0.308 bits per heavy atom. The molecule has 0 radical (unpaired) electrons. The summed E-state index contributed by atoms with van der Waals surface area (Å²) in [6.07, 6.45) is 64.2. The molecule has 0 bridgehead atoms. The second-order valence-corrected chi connectivity index (χ2v) is 19.2. The van der Waals surface area contributed by atoms with E-state index in [4.69, 9.17) is 14.2 Å². The van der Waals surface area contributed by atoms with Crippen LogP contribution in [0.1, 0.15) is 303 Å². The van der Waals surface area contributed by atoms with Crippen molar-refractivity contribution >= 4 is 17.9 Å². The third kappa shape index (κ3) is 52.5. The second-order valence-electron chi connectivity index (χ2n) is 19.2. The SMILES string of the molecule is CCCC/C=C\C/C=C\CCCCCCCC(=O)OCC(COC(=O)CCCCCCCCCCCCCCCCCCCC)OC(=O)CCCCCCC/C=C\CCCCCCCC. The number of carbonyl (C=O) groups is 3. The molecule has 6 nitrogen and oxygen atoms in total. The predicted molar refractivity (Wildman–Crippen MR) is 279 cm³/mol. The van der Waals surface area contributed by atoms with Gasteiger partial charge in [0.05, 0.1) is 0 Å². The van der Waals surface area contributed by atoms with E-state index >= 15 is 0 Å². The van der Waals surface area contributed by atoms with Crippen LogP contribution in [0.5, 0.6) is 0 Å². The van der Waals surface area contributed by atoms with Crippen LogP contribution < -0.4 is 0 Å². The molecule has 0 aromatic carbocycles. The summed E-state index contributed by atoms with van der Waals surface area (Å²) < 4.78 is 16.8. The Morgan fingerprint density at radius 2 is 0.569 bits per heavy atom. The monoisotopic (exact) mass is 913 g/mol. The van der Waals surface area contributed by atoms with E-state index in [1.165, 1.54) is 180 Å². The lowest BCUT2D eigenvalue weighted by Crippen LogP contribution is -2.30. The number of allylic oxidation sites excluding steroid dienone is 6. The van der Waals surface area contributed by atoms with E-state index in [9.17, 15) is 14.4 Å². The van der Waals surface area contributed by atoms with Gasteiger partial charge in [0.2, 0.25) is 0 Å². The van der Waals surface area contributed by atoms with E-state index in [0.717, 1.165) is 83.5 Å². The molecule has 0 aromatic rings. The highest BCUT2D eigenvalue weighted by atomic mass is 16.6. The maximum atomic E-state index is 12.8. The largest absolute Gasteiger partial charge is 0.462 e. The topological polar surface area (TPSA) is 78.9 Å². The summed E-state index contributed by atoms with van der Waals surface area (Å²) in [4.78, 5) is 38.1. The minimum absolute atomic E-state index is 0.0765. The summed E-state index contributed by atoms with van der Waals surface area (Å²) in [6.45, 7) is 6.61. The van der Waals surface area contributed by atoms with Crippen LogP contribution in [-0.4, -0.2) is 37.2 Å². The first kappa shape index (κ1) is 62.6. The maximum absolute atomic E-state index is 12.8. The number of hydrogen-bond donors (Lipinski definition) is 0. The molecule has 1 atom stereocenters. The Hall–Kier alpha value is -2.37. The van der Waals surface area contributed by atoms with Gasteiger partial charge in [-0.2, -0.15) is 0 Å². The molecule has 0 saturated heterocycles. The lowest BCUT2D eigenvalue weighted by molar-refractivity contribution is -0.167. The van der Waals surface area contributed by atoms with E-state index in [1.54, 1.807) is 0 Å². The van der Waals surface area contributed by atoms with Crippen LogP contribution in [0.2, 0.25) is 0 Å². The van der Waals surface area contributed by atoms with Crippen LogP contribution in [0, 0.1) is 0 Å². The van der Waals surface area contributed by atoms with Crippen LogP contribution in [0.15, 0.2) is 36.5 Å². The highest BCUT2D eigenvalue weighted by molar-refractivity contribution is 5.71. The van der Waals surface area contributed by atoms with Gasteiger partial charge in [-0.3, -0.25) is 14.4 Å². The standard InChI is InChI=1S/C59H108O6/c1-4-7-10-13-16-19-22-25-28-29-30-32-34-37-40-43-46-49-52-58(61)64-55-56(54-63-57(60)51-48-45-42-39-36-33-27-24-21-18-15-12-9-6-3)65-59(62)53-50-47-44-41-38-35-31-26-23-20-17-14-11-8-5-2/h15,18,24,26-27,31,56H,4-14,16-17,19-23,25,28-30,32-55H2,1-3H3/b18-15-,27-24-,31-26-. The Bertz CT molecular complexity index is 1090. The van der Waals surface area contributed by atoms with Crippen molar-refractivity contribution in [2.75, 3.05) is 13.2 Å². The Kier molecular flexibility index (Phi) is 52.3. The van der Waals surface area contributed by atoms with Gasteiger partial charge >= 0.3 is 17.9 Å². The van der Waals surface area contributed by atoms with Crippen molar-refractivity contribution in [2.24, 2.45) is 0 Å². The molecule has 6 heteroatoms. The van der Waals surface area contributed by atoms with Crippen molar-refractivity contribution < 1.29 is 28.6 Å². The second kappa shape index (κ2) is 54.2. The smallest absolute Gasteiger partial charge is 0.306 e. The highest BCUT2D eigenvalue weighted by Gasteiger charge is 2.19. The van der Waals surface area contributed by atoms with Crippen LogP contribution >= 0.6 is 0 Å². The van der Waals surface area contributed by atoms with Gasteiger partial charge in [0.1, 0.15) is 13.2 Å². The van der Waals surface area contributed by atoms with E-state index in [-0.39, 0.29) is 31.1 Å². The summed E-state index contributed by atoms with van der Waals surface area (Å²) in [5, 5.41) is 0. The molecule has 0 saturated carbocycles. The number of esters is 3. The molecule has 0 aliphatic heterocycles. The van der Waals surface area contributed by atoms with Crippen LogP contribution in [0.25, 0.3) is 0 Å². The number of ether oxygens (including phenoxy) is 3. The van der Waals surface area contributed by atoms with E-state index < -0.39 is 6.10 Å². The number of rotatable bonds is 52. The highest BCUT2D eigenvalue weighted by Crippen LogP contribution is 2.16. The molecule has 0 aromatic heterocycles. The van der Waals surface area contributed by atoms with Crippen molar-refractivity contribution in [2.45, 2.75) is 309 Å². The average molecular weight is 914 g/mol. The fourth-order valence-electron chi connectivity index (χ4n) is 8.28. The van der Waals surface area contributed by atoms with Crippen molar-refractivity contribution in [1.82, 2.24) is 0 Å². The van der Waals surface area contributed by atoms with Gasteiger partial charge in [-0.05, 0) is 70.6 Å². The number of hydrogen-bond acceptors (Lipinski definition) is 6. The average Bonchev–Trinajstić information content (AvgIpc) is 3.30. The molecule has 0 fully saturated rings. The third-order valence-electron chi connectivity index (χ3n) is 12.6. The first-order valence-corrected chi connectivity index (χ1v) is 28.5. The molecule has 0 N–H and O–H groups in total. The zero-order valence-electron chi connectivity index (χ0n) is 43.5. The van der Waals surface area contributed by atoms with Gasteiger partial charge in [-0.1, -0.05) is 250 Å². The lowest BCUT2D eigenvalue weighted by Gasteiger charge is -2.18. The summed E-state index contributed by atoms with van der Waals surface area (Å²) in [7, 11) is 0. The van der Waals surface area contributed by atoms with Gasteiger partial charge in [0.25, 0.3) is 0 Å². The van der Waals surface area contributed by atoms with Gasteiger partial charge < -0.3 is 14.2 Å². The molecule has 0 heterocycles. The minimum Gasteiger partial charge on any atom is -0.462 e. The maximum Gasteiger partial charge on any atom is 0.306 e. The molecule has 1 unspecified atom stereocenters. The third-order valence-corrected chi connectivity index (χ3v) is 12.6. The van der Waals surface area contributed by atoms with Crippen molar-refractivity contribution in [1.29, 1.82) is 0 Å². The van der Waals surface area contributed by atoms with Crippen molar-refractivity contribution in [3.63, 3.8) is 0 Å². The Morgan fingerprint density at radius 3 is 0.908 bits per heavy atom. The van der Waals surface area contributed by atoms with Crippen molar-refractivity contribution in [3.8, 4) is 0 Å². The van der Waals surface area contributed by atoms with Gasteiger partial charge in [-0.15, -0.1) is 0 Å². The molecule has 65 heavy (non-hydrogen) atoms. The predicted octanol–water partition coefficient (Wildman–Crippen LogP) is 18.9. The molecular formula is C59H108O6. The molecule has 0 aliphatic carbocycles. The number of unbranched alkanes of at least 4 members (excludes halogenated alkanes) is 35. The molecule has 0 spiro atoms. The Labute approximate surface area is 404 Å². The van der Waals surface area contributed by atoms with Crippen LogP contribution in [0.4, 0.5) is 0 Å². The van der Waals surface area contributed by atoms with Gasteiger partial charge in [0.15, 0.2) is 6.10 Å². The number of carbonyl (C=O) groups excluding carboxylic acids is 3. The summed E-state index contributed by atoms with van der Waals surface area (Å²) >= 11 is 0. The fourth-order valence-corrected chi connectivity index (χ4v) is 8.28. The minimum atomic E-state index is -0.779. The first-order chi connectivity index (χ1) is 32.0. The van der Waals surface area contributed by atoms with Crippen molar-refractivity contribution in [3.05, 3.63) is 36.5 Å². The molecule has 380 valence electrons. The quantitative estimate of drug-likeness (QED) is 0.0262. The summed E-state index contributed by atoms with van der Waals surface area (Å²) in [5.74, 6) is -0.884. The Balaban J connectivity index is 4.35. The fraction of sp³-hybridized carbons (Fsp3) is 0.847. The van der Waals surface area contributed by atoms with Crippen LogP contribution in [-0.2, 0) is 28.6 Å².